The van der Waals surface area contributed by atoms with Gasteiger partial charge in [0.25, 0.3) is 0 Å². The Balaban J connectivity index is 2.20. The summed E-state index contributed by atoms with van der Waals surface area (Å²) >= 11 is 0. The summed E-state index contributed by atoms with van der Waals surface area (Å²) in [5.74, 6) is -0.981. The van der Waals surface area contributed by atoms with Crippen molar-refractivity contribution in [3.63, 3.8) is 0 Å². The first-order valence-corrected chi connectivity index (χ1v) is 7.21. The summed E-state index contributed by atoms with van der Waals surface area (Å²) in [6.07, 6.45) is 4.65. The van der Waals surface area contributed by atoms with Gasteiger partial charge in [-0.1, -0.05) is 18.2 Å². The molecule has 1 fully saturated rings. The summed E-state index contributed by atoms with van der Waals surface area (Å²) in [6.45, 7) is 0.450. The molecule has 1 saturated carbocycles. The van der Waals surface area contributed by atoms with Crippen molar-refractivity contribution in [2.45, 2.75) is 25.3 Å². The van der Waals surface area contributed by atoms with Crippen LogP contribution in [0.15, 0.2) is 30.5 Å². The fourth-order valence-corrected chi connectivity index (χ4v) is 2.88. The van der Waals surface area contributed by atoms with Crippen LogP contribution in [0.3, 0.4) is 0 Å². The lowest BCUT2D eigenvalue weighted by molar-refractivity contribution is 0.0697. The molecule has 0 bridgehead atoms. The highest BCUT2D eigenvalue weighted by atomic mass is 16.4. The summed E-state index contributed by atoms with van der Waals surface area (Å²) in [6, 6.07) is 7.85. The topological polar surface area (TPSA) is 73.7 Å². The Bertz CT molecular complexity index is 668. The largest absolute Gasteiger partial charge is 0.478 e. The van der Waals surface area contributed by atoms with Gasteiger partial charge in [0.15, 0.2) is 0 Å². The van der Waals surface area contributed by atoms with Gasteiger partial charge in [-0.15, -0.1) is 0 Å². The minimum absolute atomic E-state index is 0.00616. The molecule has 5 heteroatoms. The van der Waals surface area contributed by atoms with Gasteiger partial charge in [0.1, 0.15) is 5.56 Å². The Kier molecular flexibility index (Phi) is 3.75. The molecule has 5 nitrogen and oxygen atoms in total. The summed E-state index contributed by atoms with van der Waals surface area (Å²) in [5, 5.41) is 19.7. The molecule has 2 N–H and O–H groups in total. The molecule has 1 heterocycles. The number of carboxylic acids is 1. The van der Waals surface area contributed by atoms with Crippen LogP contribution in [-0.4, -0.2) is 40.4 Å². The molecule has 3 rings (SSSR count). The van der Waals surface area contributed by atoms with Gasteiger partial charge in [-0.3, -0.25) is 4.98 Å². The number of aromatic carboxylic acids is 1. The van der Waals surface area contributed by atoms with Gasteiger partial charge in [0.2, 0.25) is 0 Å². The van der Waals surface area contributed by atoms with Crippen molar-refractivity contribution in [2.24, 2.45) is 0 Å². The monoisotopic (exact) mass is 286 g/mol. The van der Waals surface area contributed by atoms with E-state index in [0.717, 1.165) is 30.2 Å². The predicted molar refractivity (Wildman–Crippen MR) is 80.8 cm³/mol. The highest BCUT2D eigenvalue weighted by molar-refractivity contribution is 6.04. The van der Waals surface area contributed by atoms with E-state index in [-0.39, 0.29) is 12.2 Å². The van der Waals surface area contributed by atoms with E-state index in [4.69, 9.17) is 0 Å². The molecule has 0 amide bonds. The molecule has 0 unspecified atom stereocenters. The summed E-state index contributed by atoms with van der Waals surface area (Å²) in [5.41, 5.74) is 1.67. The van der Waals surface area contributed by atoms with E-state index in [1.807, 2.05) is 29.2 Å². The zero-order valence-corrected chi connectivity index (χ0v) is 11.7. The molecule has 0 spiro atoms. The lowest BCUT2D eigenvalue weighted by atomic mass is 9.90. The number of aliphatic hydroxyl groups is 1. The number of hydrogen-bond donors (Lipinski definition) is 2. The van der Waals surface area contributed by atoms with E-state index in [2.05, 4.69) is 4.98 Å². The maximum Gasteiger partial charge on any atom is 0.339 e. The lowest BCUT2D eigenvalue weighted by Crippen LogP contribution is -2.42. The molecule has 0 atom stereocenters. The van der Waals surface area contributed by atoms with Crippen LogP contribution in [0.25, 0.3) is 10.9 Å². The van der Waals surface area contributed by atoms with E-state index >= 15 is 0 Å². The minimum Gasteiger partial charge on any atom is -0.478 e. The highest BCUT2D eigenvalue weighted by Crippen LogP contribution is 2.35. The number of fused-ring (bicyclic) bond motifs is 1. The third-order valence-corrected chi connectivity index (χ3v) is 4.12. The van der Waals surface area contributed by atoms with Crippen LogP contribution in [0.4, 0.5) is 5.69 Å². The second kappa shape index (κ2) is 5.69. The van der Waals surface area contributed by atoms with Crippen LogP contribution in [0, 0.1) is 0 Å². The average molecular weight is 286 g/mol. The molecule has 0 aliphatic heterocycles. The zero-order chi connectivity index (χ0) is 14.8. The van der Waals surface area contributed by atoms with Crippen LogP contribution in [0.2, 0.25) is 0 Å². The molecule has 21 heavy (non-hydrogen) atoms. The van der Waals surface area contributed by atoms with Gasteiger partial charge in [-0.05, 0) is 25.3 Å². The Morgan fingerprint density at radius 3 is 2.71 bits per heavy atom. The van der Waals surface area contributed by atoms with Crippen molar-refractivity contribution in [3.8, 4) is 0 Å². The number of benzene rings is 1. The molecule has 110 valence electrons. The fraction of sp³-hybridized carbons (Fsp3) is 0.375. The number of aromatic nitrogens is 1. The van der Waals surface area contributed by atoms with Crippen molar-refractivity contribution < 1.29 is 15.0 Å². The van der Waals surface area contributed by atoms with Gasteiger partial charge in [-0.25, -0.2) is 4.79 Å². The number of aliphatic hydroxyl groups excluding tert-OH is 1. The molecule has 1 aromatic carbocycles. The number of para-hydroxylation sites is 1. The number of hydrogen-bond acceptors (Lipinski definition) is 4. The summed E-state index contributed by atoms with van der Waals surface area (Å²) in [7, 11) is 0. The van der Waals surface area contributed by atoms with E-state index in [9.17, 15) is 15.0 Å². The lowest BCUT2D eigenvalue weighted by Gasteiger charge is -2.40. The normalized spacial score (nSPS) is 14.9. The average Bonchev–Trinajstić information content (AvgIpc) is 2.43. The number of anilines is 1. The van der Waals surface area contributed by atoms with Gasteiger partial charge in [-0.2, -0.15) is 0 Å². The Morgan fingerprint density at radius 2 is 2.10 bits per heavy atom. The predicted octanol–water partition coefficient (Wildman–Crippen LogP) is 2.28. The van der Waals surface area contributed by atoms with Crippen molar-refractivity contribution >= 4 is 22.6 Å². The molecule has 0 radical (unpaired) electrons. The fourth-order valence-electron chi connectivity index (χ4n) is 2.88. The van der Waals surface area contributed by atoms with Crippen molar-refractivity contribution in [2.75, 3.05) is 18.1 Å². The van der Waals surface area contributed by atoms with E-state index in [1.54, 1.807) is 0 Å². The van der Waals surface area contributed by atoms with Gasteiger partial charge in [0.05, 0.1) is 17.8 Å². The van der Waals surface area contributed by atoms with Crippen LogP contribution >= 0.6 is 0 Å². The number of carbonyl (C=O) groups is 1. The number of pyridine rings is 1. The smallest absolute Gasteiger partial charge is 0.339 e. The summed E-state index contributed by atoms with van der Waals surface area (Å²) < 4.78 is 0. The number of nitrogens with zero attached hydrogens (tertiary/aromatic N) is 2. The molecular weight excluding hydrogens is 268 g/mol. The molecule has 1 aliphatic rings. The van der Waals surface area contributed by atoms with E-state index in [1.165, 1.54) is 6.20 Å². The van der Waals surface area contributed by atoms with Crippen LogP contribution in [0.1, 0.15) is 29.6 Å². The second-order valence-electron chi connectivity index (χ2n) is 5.34. The third-order valence-electron chi connectivity index (χ3n) is 4.12. The van der Waals surface area contributed by atoms with E-state index in [0.29, 0.717) is 18.3 Å². The second-order valence-corrected chi connectivity index (χ2v) is 5.34. The van der Waals surface area contributed by atoms with Gasteiger partial charge < -0.3 is 15.1 Å². The van der Waals surface area contributed by atoms with E-state index < -0.39 is 5.97 Å². The molecule has 2 aromatic rings. The Labute approximate surface area is 122 Å². The standard InChI is InChI=1S/C16H18N2O3/c19-9-8-18(11-4-3-5-11)15-12-6-1-2-7-14(12)17-10-13(15)16(20)21/h1-2,6-7,10-11,19H,3-5,8-9H2,(H,20,21). The zero-order valence-electron chi connectivity index (χ0n) is 11.7. The molecular formula is C16H18N2O3. The number of rotatable bonds is 5. The maximum absolute atomic E-state index is 11.6. The maximum atomic E-state index is 11.6. The first-order valence-electron chi connectivity index (χ1n) is 7.21. The van der Waals surface area contributed by atoms with Gasteiger partial charge in [0, 0.05) is 24.2 Å². The van der Waals surface area contributed by atoms with Gasteiger partial charge >= 0.3 is 5.97 Å². The Morgan fingerprint density at radius 1 is 1.33 bits per heavy atom. The molecule has 0 saturated heterocycles. The third kappa shape index (κ3) is 2.45. The first kappa shape index (κ1) is 13.8. The quantitative estimate of drug-likeness (QED) is 0.882. The highest BCUT2D eigenvalue weighted by Gasteiger charge is 2.29. The summed E-state index contributed by atoms with van der Waals surface area (Å²) in [4.78, 5) is 17.9. The molecule has 1 aliphatic carbocycles. The SMILES string of the molecule is O=C(O)c1cnc2ccccc2c1N(CCO)C1CCC1. The number of carboxylic acid groups (broad SMARTS) is 1. The van der Waals surface area contributed by atoms with Crippen molar-refractivity contribution in [3.05, 3.63) is 36.0 Å². The molecule has 1 aromatic heterocycles. The van der Waals surface area contributed by atoms with Crippen LogP contribution in [-0.2, 0) is 0 Å². The van der Waals surface area contributed by atoms with Crippen molar-refractivity contribution in [1.29, 1.82) is 0 Å². The Hall–Kier alpha value is -2.14. The van der Waals surface area contributed by atoms with Crippen LogP contribution < -0.4 is 4.90 Å². The minimum atomic E-state index is -0.981. The first-order chi connectivity index (χ1) is 10.2. The van der Waals surface area contributed by atoms with Crippen LogP contribution in [0.5, 0.6) is 0 Å². The van der Waals surface area contributed by atoms with Crippen molar-refractivity contribution in [1.82, 2.24) is 4.98 Å².